The van der Waals surface area contributed by atoms with Crippen LogP contribution in [0.1, 0.15) is 35.2 Å². The maximum atomic E-state index is 12.3. The number of hydrogen-bond acceptors (Lipinski definition) is 4. The molecule has 148 valence electrons. The van der Waals surface area contributed by atoms with Crippen molar-refractivity contribution in [2.24, 2.45) is 5.73 Å². The van der Waals surface area contributed by atoms with Crippen molar-refractivity contribution in [3.8, 4) is 5.75 Å². The molecule has 6 nitrogen and oxygen atoms in total. The number of nitrogens with zero attached hydrogens (tertiary/aromatic N) is 2. The van der Waals surface area contributed by atoms with Crippen molar-refractivity contribution in [3.05, 3.63) is 59.7 Å². The maximum Gasteiger partial charge on any atom is 0.260 e. The van der Waals surface area contributed by atoms with Gasteiger partial charge in [-0.3, -0.25) is 9.59 Å². The smallest absolute Gasteiger partial charge is 0.260 e. The minimum Gasteiger partial charge on any atom is -0.484 e. The van der Waals surface area contributed by atoms with Gasteiger partial charge in [0.1, 0.15) is 5.75 Å². The summed E-state index contributed by atoms with van der Waals surface area (Å²) in [5.74, 6) is -0.0783. The molecule has 3 rings (SSSR count). The van der Waals surface area contributed by atoms with Crippen LogP contribution in [0.25, 0.3) is 0 Å². The number of hydrogen-bond donors (Lipinski definition) is 1. The zero-order valence-electron chi connectivity index (χ0n) is 16.3. The summed E-state index contributed by atoms with van der Waals surface area (Å²) in [7, 11) is 1.76. The first-order valence-electron chi connectivity index (χ1n) is 9.63. The van der Waals surface area contributed by atoms with Crippen molar-refractivity contribution in [2.45, 2.75) is 25.8 Å². The lowest BCUT2D eigenvalue weighted by atomic mass is 10.1. The van der Waals surface area contributed by atoms with Crippen LogP contribution in [0, 0.1) is 0 Å². The summed E-state index contributed by atoms with van der Waals surface area (Å²) in [4.78, 5) is 27.5. The number of ether oxygens (including phenoxy) is 1. The zero-order valence-corrected chi connectivity index (χ0v) is 16.3. The molecule has 1 heterocycles. The molecule has 0 unspecified atom stereocenters. The molecule has 0 spiro atoms. The fraction of sp³-hybridized carbons (Fsp3) is 0.364. The molecule has 0 atom stereocenters. The summed E-state index contributed by atoms with van der Waals surface area (Å²) < 4.78 is 5.51. The third kappa shape index (κ3) is 5.25. The first kappa shape index (κ1) is 19.7. The highest BCUT2D eigenvalue weighted by molar-refractivity contribution is 5.92. The summed E-state index contributed by atoms with van der Waals surface area (Å²) in [6.07, 6.45) is 3.83. The zero-order chi connectivity index (χ0) is 19.9. The van der Waals surface area contributed by atoms with Crippen LogP contribution in [-0.2, 0) is 11.3 Å². The van der Waals surface area contributed by atoms with Crippen molar-refractivity contribution in [2.75, 3.05) is 31.6 Å². The summed E-state index contributed by atoms with van der Waals surface area (Å²) in [5, 5.41) is 0. The maximum absolute atomic E-state index is 12.3. The van der Waals surface area contributed by atoms with Crippen molar-refractivity contribution >= 4 is 17.5 Å². The van der Waals surface area contributed by atoms with Gasteiger partial charge in [-0.2, -0.15) is 0 Å². The van der Waals surface area contributed by atoms with Crippen molar-refractivity contribution in [3.63, 3.8) is 0 Å². The van der Waals surface area contributed by atoms with Crippen LogP contribution < -0.4 is 15.4 Å². The van der Waals surface area contributed by atoms with Gasteiger partial charge in [0.05, 0.1) is 0 Å². The highest BCUT2D eigenvalue weighted by atomic mass is 16.5. The van der Waals surface area contributed by atoms with Gasteiger partial charge < -0.3 is 20.3 Å². The summed E-state index contributed by atoms with van der Waals surface area (Å²) in [6, 6.07) is 14.9. The highest BCUT2D eigenvalue weighted by Gasteiger charge is 2.13. The molecule has 6 heteroatoms. The van der Waals surface area contributed by atoms with Crippen LogP contribution >= 0.6 is 0 Å². The van der Waals surface area contributed by atoms with Gasteiger partial charge in [-0.25, -0.2) is 0 Å². The van der Waals surface area contributed by atoms with E-state index in [1.807, 2.05) is 0 Å². The van der Waals surface area contributed by atoms with E-state index in [1.54, 1.807) is 36.2 Å². The van der Waals surface area contributed by atoms with Crippen LogP contribution in [0.5, 0.6) is 5.75 Å². The normalized spacial score (nSPS) is 13.8. The number of rotatable bonds is 7. The van der Waals surface area contributed by atoms with Gasteiger partial charge in [0, 0.05) is 37.9 Å². The van der Waals surface area contributed by atoms with Crippen LogP contribution in [-0.4, -0.2) is 43.5 Å². The number of carbonyl (C=O) groups excluding carboxylic acids is 2. The lowest BCUT2D eigenvalue weighted by Crippen LogP contribution is -2.31. The van der Waals surface area contributed by atoms with Crippen LogP contribution in [0.3, 0.4) is 0 Å². The molecule has 2 aromatic rings. The second-order valence-electron chi connectivity index (χ2n) is 7.14. The Balaban J connectivity index is 1.48. The van der Waals surface area contributed by atoms with Gasteiger partial charge in [-0.05, 0) is 61.2 Å². The van der Waals surface area contributed by atoms with E-state index < -0.39 is 5.91 Å². The van der Waals surface area contributed by atoms with Crippen molar-refractivity contribution < 1.29 is 14.3 Å². The predicted molar refractivity (Wildman–Crippen MR) is 109 cm³/mol. The molecule has 0 radical (unpaired) electrons. The Labute approximate surface area is 165 Å². The summed E-state index contributed by atoms with van der Waals surface area (Å²) >= 11 is 0. The van der Waals surface area contributed by atoms with Crippen molar-refractivity contribution in [1.29, 1.82) is 0 Å². The van der Waals surface area contributed by atoms with E-state index in [4.69, 9.17) is 10.5 Å². The number of nitrogens with two attached hydrogens (primary N) is 1. The fourth-order valence-corrected chi connectivity index (χ4v) is 3.30. The van der Waals surface area contributed by atoms with Gasteiger partial charge in [-0.1, -0.05) is 12.1 Å². The molecular weight excluding hydrogens is 354 g/mol. The number of primary amides is 1. The molecule has 1 aliphatic rings. The molecule has 0 aromatic heterocycles. The van der Waals surface area contributed by atoms with Gasteiger partial charge in [-0.15, -0.1) is 0 Å². The van der Waals surface area contributed by atoms with E-state index in [2.05, 4.69) is 29.2 Å². The summed E-state index contributed by atoms with van der Waals surface area (Å²) in [6.45, 7) is 2.71. The first-order valence-corrected chi connectivity index (χ1v) is 9.63. The lowest BCUT2D eigenvalue weighted by Gasteiger charge is -2.29. The van der Waals surface area contributed by atoms with Crippen LogP contribution in [0.15, 0.2) is 48.5 Å². The number of anilines is 1. The molecule has 0 saturated carbocycles. The number of likely N-dealkylation sites (N-methyl/N-ethyl adjacent to an activating group) is 1. The Bertz CT molecular complexity index is 797. The SMILES string of the molecule is CN(Cc1ccc(N2CCCCC2)cc1)C(=O)COc1ccc(C(N)=O)cc1. The first-order chi connectivity index (χ1) is 13.5. The Morgan fingerprint density at radius 2 is 1.64 bits per heavy atom. The quantitative estimate of drug-likeness (QED) is 0.800. The minimum absolute atomic E-state index is 0.0573. The highest BCUT2D eigenvalue weighted by Crippen LogP contribution is 2.20. The molecule has 1 saturated heterocycles. The van der Waals surface area contributed by atoms with Gasteiger partial charge in [0.15, 0.2) is 6.61 Å². The topological polar surface area (TPSA) is 75.9 Å². The second-order valence-corrected chi connectivity index (χ2v) is 7.14. The molecule has 1 fully saturated rings. The van der Waals surface area contributed by atoms with E-state index in [1.165, 1.54) is 24.9 Å². The average molecular weight is 381 g/mol. The third-order valence-corrected chi connectivity index (χ3v) is 5.00. The molecule has 2 amide bonds. The van der Waals surface area contributed by atoms with Crippen LogP contribution in [0.2, 0.25) is 0 Å². The molecule has 1 aliphatic heterocycles. The van der Waals surface area contributed by atoms with E-state index in [0.29, 0.717) is 17.9 Å². The molecule has 2 aromatic carbocycles. The Morgan fingerprint density at radius 3 is 2.25 bits per heavy atom. The second kappa shape index (κ2) is 9.26. The predicted octanol–water partition coefficient (Wildman–Crippen LogP) is 2.81. The Kier molecular flexibility index (Phi) is 6.53. The lowest BCUT2D eigenvalue weighted by molar-refractivity contribution is -0.132. The molecule has 0 bridgehead atoms. The standard InChI is InChI=1S/C22H27N3O3/c1-24(21(26)16-28-20-11-7-18(8-12-20)22(23)27)15-17-5-9-19(10-6-17)25-13-3-2-4-14-25/h5-12H,2-4,13-16H2,1H3,(H2,23,27). The number of amides is 2. The molecular formula is C22H27N3O3. The van der Waals surface area contributed by atoms with Gasteiger partial charge in [0.25, 0.3) is 5.91 Å². The molecule has 28 heavy (non-hydrogen) atoms. The van der Waals surface area contributed by atoms with E-state index in [0.717, 1.165) is 18.7 Å². The number of carbonyl (C=O) groups is 2. The average Bonchev–Trinajstić information content (AvgIpc) is 2.73. The number of benzene rings is 2. The largest absolute Gasteiger partial charge is 0.484 e. The van der Waals surface area contributed by atoms with E-state index in [9.17, 15) is 9.59 Å². The van der Waals surface area contributed by atoms with Gasteiger partial charge >= 0.3 is 0 Å². The molecule has 0 aliphatic carbocycles. The van der Waals surface area contributed by atoms with E-state index >= 15 is 0 Å². The van der Waals surface area contributed by atoms with Gasteiger partial charge in [0.2, 0.25) is 5.91 Å². The van der Waals surface area contributed by atoms with E-state index in [-0.39, 0.29) is 12.5 Å². The Hall–Kier alpha value is -3.02. The van der Waals surface area contributed by atoms with Crippen LogP contribution in [0.4, 0.5) is 5.69 Å². The van der Waals surface area contributed by atoms with Crippen molar-refractivity contribution in [1.82, 2.24) is 4.90 Å². The Morgan fingerprint density at radius 1 is 1.00 bits per heavy atom. The third-order valence-electron chi connectivity index (χ3n) is 5.00. The fourth-order valence-electron chi connectivity index (χ4n) is 3.30. The molecule has 2 N–H and O–H groups in total. The monoisotopic (exact) mass is 381 g/mol. The minimum atomic E-state index is -0.492. The summed E-state index contributed by atoms with van der Waals surface area (Å²) in [5.41, 5.74) is 7.95. The number of piperidine rings is 1.